The Hall–Kier alpha value is 2.96. The van der Waals surface area contributed by atoms with Gasteiger partial charge >= 0.3 is 96.4 Å². The molecule has 0 fully saturated rings. The molecule has 0 aromatic rings. The maximum atomic E-state index is 0. The zero-order valence-corrected chi connectivity index (χ0v) is 13.3. The minimum Gasteiger partial charge on any atom is -2.00 e. The second-order valence-corrected chi connectivity index (χ2v) is 0. The summed E-state index contributed by atoms with van der Waals surface area (Å²) in [6, 6.07) is 0. The number of hydrogen-bond donors (Lipinski definition) is 0. The van der Waals surface area contributed by atoms with Gasteiger partial charge in [-0.1, -0.05) is 0 Å². The Bertz CT molecular complexity index is 12.4. The van der Waals surface area contributed by atoms with Crippen LogP contribution in [0, 0.1) is 0 Å². The first-order chi connectivity index (χ1) is 0. The van der Waals surface area contributed by atoms with Gasteiger partial charge in [0.2, 0.25) is 0 Å². The minimum atomic E-state index is 0. The first kappa shape index (κ1) is 124. The molecule has 0 aliphatic carbocycles. The zero-order chi connectivity index (χ0) is 0. The van der Waals surface area contributed by atoms with Crippen LogP contribution in [0.15, 0.2) is 0 Å². The summed E-state index contributed by atoms with van der Waals surface area (Å²) in [6.45, 7) is 0. The summed E-state index contributed by atoms with van der Waals surface area (Å²) in [4.78, 5) is 0. The van der Waals surface area contributed by atoms with Crippen molar-refractivity contribution in [1.29, 1.82) is 0 Å². The first-order valence-electron chi connectivity index (χ1n) is 0. The van der Waals surface area contributed by atoms with E-state index in [4.69, 9.17) is 0 Å². The third kappa shape index (κ3) is 64.9. The largest absolute Gasteiger partial charge is 4.00 e. The van der Waals surface area contributed by atoms with Crippen LogP contribution in [-0.4, -0.2) is 48.9 Å². The molecule has 0 saturated carbocycles. The van der Waals surface area contributed by atoms with Gasteiger partial charge in [0.25, 0.3) is 0 Å². The summed E-state index contributed by atoms with van der Waals surface area (Å²) in [7, 11) is 0. The van der Waals surface area contributed by atoms with E-state index < -0.39 is 0 Å². The van der Waals surface area contributed by atoms with Crippen molar-refractivity contribution in [2.75, 3.05) is 0 Å². The Morgan fingerprint density at radius 3 is 0.500 bits per heavy atom. The van der Waals surface area contributed by atoms with Gasteiger partial charge in [0.1, 0.15) is 0 Å². The van der Waals surface area contributed by atoms with Crippen molar-refractivity contribution in [3.8, 4) is 0 Å². The third-order valence-electron chi connectivity index (χ3n) is 0. The maximum absolute atomic E-state index is 0. The summed E-state index contributed by atoms with van der Waals surface area (Å²) in [5, 5.41) is 0. The van der Waals surface area contributed by atoms with Crippen molar-refractivity contribution in [1.82, 2.24) is 0 Å². The van der Waals surface area contributed by atoms with E-state index in [1.165, 1.54) is 0 Å². The van der Waals surface area contributed by atoms with E-state index in [1.807, 2.05) is 0 Å². The average Bonchev–Trinajstić information content (AvgIpc) is 0. The van der Waals surface area contributed by atoms with Gasteiger partial charge < -0.3 is 27.4 Å². The molecule has 0 unspecified atom stereocenters. The van der Waals surface area contributed by atoms with Gasteiger partial charge in [-0.3, -0.25) is 0 Å². The van der Waals surface area contributed by atoms with Gasteiger partial charge in [-0.25, -0.2) is 0 Å². The molecule has 0 spiro atoms. The molecule has 8 heavy (non-hydrogen) atoms. The molecule has 8 heteroatoms. The molecular formula is BaHfO5Ti. The Morgan fingerprint density at radius 1 is 0.500 bits per heavy atom. The molecule has 0 aliphatic heterocycles. The molecule has 0 aromatic heterocycles. The number of rotatable bonds is 0. The van der Waals surface area contributed by atoms with E-state index in [1.54, 1.807) is 0 Å². The first-order valence-corrected chi connectivity index (χ1v) is 0. The van der Waals surface area contributed by atoms with Gasteiger partial charge in [-0.05, 0) is 0 Å². The normalized spacial score (nSPS) is 0. The number of hydrogen-bond acceptors (Lipinski definition) is 0. The summed E-state index contributed by atoms with van der Waals surface area (Å²) < 4.78 is 0. The van der Waals surface area contributed by atoms with E-state index in [0.717, 1.165) is 0 Å². The van der Waals surface area contributed by atoms with Gasteiger partial charge in [0, 0.05) is 0 Å². The molecule has 0 N–H and O–H groups in total. The molecule has 0 aromatic carbocycles. The predicted molar refractivity (Wildman–Crippen MR) is 9.19 cm³/mol. The Morgan fingerprint density at radius 2 is 0.500 bits per heavy atom. The topological polar surface area (TPSA) is 142 Å². The van der Waals surface area contributed by atoms with Crippen LogP contribution in [-0.2, 0) is 74.9 Å². The SMILES string of the molecule is [Ba+2].[Hf+4].[O-2].[O-2].[O-2].[O-2].[O-2].[Ti+4]. The summed E-state index contributed by atoms with van der Waals surface area (Å²) in [6.07, 6.45) is 0. The van der Waals surface area contributed by atoms with Crippen LogP contribution in [0.5, 0.6) is 0 Å². The van der Waals surface area contributed by atoms with Crippen molar-refractivity contribution >= 4 is 48.9 Å². The third-order valence-corrected chi connectivity index (χ3v) is 0. The standard InChI is InChI=1S/Ba.Hf.5O.Ti/q+2;+4;5*-2;+4. The van der Waals surface area contributed by atoms with Crippen molar-refractivity contribution in [3.05, 3.63) is 0 Å². The molecule has 0 aliphatic rings. The summed E-state index contributed by atoms with van der Waals surface area (Å²) >= 11 is 0. The fourth-order valence-electron chi connectivity index (χ4n) is 0. The Labute approximate surface area is 121 Å². The monoisotopic (exact) mass is 446 g/mol. The van der Waals surface area contributed by atoms with Crippen molar-refractivity contribution in [2.45, 2.75) is 0 Å². The maximum Gasteiger partial charge on any atom is 4.00 e. The Kier molecular flexibility index (Phi) is 1420. The minimum absolute atomic E-state index is 0. The molecular weight excluding hydrogens is 444 g/mol. The van der Waals surface area contributed by atoms with Crippen LogP contribution in [0.4, 0.5) is 0 Å². The van der Waals surface area contributed by atoms with E-state index >= 15 is 0 Å². The summed E-state index contributed by atoms with van der Waals surface area (Å²) in [5.74, 6) is 0. The van der Waals surface area contributed by atoms with Crippen LogP contribution < -0.4 is 0 Å². The molecule has 0 atom stereocenters. The van der Waals surface area contributed by atoms with E-state index in [-0.39, 0.29) is 124 Å². The average molecular weight is 444 g/mol. The van der Waals surface area contributed by atoms with E-state index in [9.17, 15) is 0 Å². The smallest absolute Gasteiger partial charge is 2.00 e. The van der Waals surface area contributed by atoms with Gasteiger partial charge in [-0.15, -0.1) is 0 Å². The van der Waals surface area contributed by atoms with Gasteiger partial charge in [0.15, 0.2) is 0 Å². The second-order valence-electron chi connectivity index (χ2n) is 0. The fraction of sp³-hybridized carbons (Fsp3) is 0. The predicted octanol–water partition coefficient (Wildman–Crippen LogP) is -0.980. The second kappa shape index (κ2) is 91.4. The molecule has 0 radical (unpaired) electrons. The van der Waals surface area contributed by atoms with Crippen LogP contribution >= 0.6 is 0 Å². The fourth-order valence-corrected chi connectivity index (χ4v) is 0. The zero-order valence-electron chi connectivity index (χ0n) is 3.75. The van der Waals surface area contributed by atoms with Crippen molar-refractivity contribution in [2.24, 2.45) is 0 Å². The van der Waals surface area contributed by atoms with Crippen LogP contribution in [0.2, 0.25) is 0 Å². The quantitative estimate of drug-likeness (QED) is 0.424. The molecule has 40 valence electrons. The van der Waals surface area contributed by atoms with E-state index in [0.29, 0.717) is 0 Å². The van der Waals surface area contributed by atoms with Gasteiger partial charge in [0.05, 0.1) is 0 Å². The Balaban J connectivity index is 0. The summed E-state index contributed by atoms with van der Waals surface area (Å²) in [5.41, 5.74) is 0. The van der Waals surface area contributed by atoms with Crippen LogP contribution in [0.3, 0.4) is 0 Å². The van der Waals surface area contributed by atoms with Crippen molar-refractivity contribution < 1.29 is 74.9 Å². The molecule has 0 saturated heterocycles. The molecule has 0 amide bonds. The van der Waals surface area contributed by atoms with Gasteiger partial charge in [-0.2, -0.15) is 0 Å². The molecule has 5 nitrogen and oxygen atoms in total. The molecule has 0 rings (SSSR count). The molecule has 0 bridgehead atoms. The van der Waals surface area contributed by atoms with E-state index in [2.05, 4.69) is 0 Å². The molecule has 0 heterocycles. The van der Waals surface area contributed by atoms with Crippen molar-refractivity contribution in [3.63, 3.8) is 0 Å². The van der Waals surface area contributed by atoms with Crippen LogP contribution in [0.1, 0.15) is 0 Å². The van der Waals surface area contributed by atoms with Crippen LogP contribution in [0.25, 0.3) is 0 Å².